The van der Waals surface area contributed by atoms with Gasteiger partial charge in [0.05, 0.1) is 21.3 Å². The van der Waals surface area contributed by atoms with E-state index in [0.29, 0.717) is 23.7 Å². The van der Waals surface area contributed by atoms with Gasteiger partial charge in [0.25, 0.3) is 0 Å². The maximum absolute atomic E-state index is 11.3. The number of aliphatic carboxylic acids is 1. The van der Waals surface area contributed by atoms with Crippen LogP contribution < -0.4 is 19.9 Å². The van der Waals surface area contributed by atoms with Gasteiger partial charge in [0.15, 0.2) is 11.5 Å². The molecule has 0 amide bonds. The molecule has 0 heterocycles. The van der Waals surface area contributed by atoms with Crippen molar-refractivity contribution >= 4 is 5.97 Å². The van der Waals surface area contributed by atoms with Crippen LogP contribution in [0.15, 0.2) is 12.1 Å². The normalized spacial score (nSPS) is 14.8. The minimum Gasteiger partial charge on any atom is -0.493 e. The van der Waals surface area contributed by atoms with Crippen LogP contribution in [0.1, 0.15) is 38.2 Å². The van der Waals surface area contributed by atoms with Crippen molar-refractivity contribution < 1.29 is 24.1 Å². The predicted octanol–water partition coefficient (Wildman–Crippen LogP) is 2.40. The first kappa shape index (κ1) is 18.1. The monoisotopic (exact) mass is 311 g/mol. The van der Waals surface area contributed by atoms with Crippen molar-refractivity contribution in [3.63, 3.8) is 0 Å². The van der Waals surface area contributed by atoms with Crippen LogP contribution >= 0.6 is 0 Å². The maximum atomic E-state index is 11.3. The summed E-state index contributed by atoms with van der Waals surface area (Å²) >= 11 is 0. The molecule has 6 heteroatoms. The van der Waals surface area contributed by atoms with Gasteiger partial charge in [0.2, 0.25) is 5.75 Å². The van der Waals surface area contributed by atoms with E-state index in [0.717, 1.165) is 12.0 Å². The lowest BCUT2D eigenvalue weighted by atomic mass is 9.83. The number of hydrogen-bond donors (Lipinski definition) is 2. The minimum atomic E-state index is -1.31. The zero-order valence-electron chi connectivity index (χ0n) is 13.8. The molecule has 124 valence electrons. The first-order chi connectivity index (χ1) is 10.3. The van der Waals surface area contributed by atoms with Gasteiger partial charge in [-0.05, 0) is 31.7 Å². The van der Waals surface area contributed by atoms with Crippen LogP contribution in [0.4, 0.5) is 0 Å². The number of methoxy groups -OCH3 is 3. The van der Waals surface area contributed by atoms with Crippen LogP contribution in [-0.4, -0.2) is 37.9 Å². The summed E-state index contributed by atoms with van der Waals surface area (Å²) in [6.07, 6.45) is 1.02. The molecule has 3 N–H and O–H groups in total. The van der Waals surface area contributed by atoms with E-state index in [4.69, 9.17) is 19.9 Å². The average Bonchev–Trinajstić information content (AvgIpc) is 2.50. The zero-order chi connectivity index (χ0) is 16.9. The molecule has 0 saturated heterocycles. The fraction of sp³-hybridized carbons (Fsp3) is 0.562. The molecule has 0 aromatic heterocycles. The van der Waals surface area contributed by atoms with Crippen LogP contribution in [0, 0.1) is 0 Å². The Kier molecular flexibility index (Phi) is 6.05. The summed E-state index contributed by atoms with van der Waals surface area (Å²) in [6, 6.07) is 3.65. The Morgan fingerprint density at radius 1 is 1.23 bits per heavy atom. The zero-order valence-corrected chi connectivity index (χ0v) is 13.8. The standard InChI is InChI=1S/C16H25NO5/c1-6-10(9-16(2,17)15(18)19)11-7-8-12(20-3)14(22-5)13(11)21-4/h7-8,10H,6,9,17H2,1-5H3,(H,18,19). The van der Waals surface area contributed by atoms with Crippen molar-refractivity contribution in [1.82, 2.24) is 0 Å². The van der Waals surface area contributed by atoms with E-state index in [1.54, 1.807) is 20.3 Å². The number of carboxylic acid groups (broad SMARTS) is 1. The molecule has 0 fully saturated rings. The van der Waals surface area contributed by atoms with Crippen molar-refractivity contribution in [3.8, 4) is 17.2 Å². The summed E-state index contributed by atoms with van der Waals surface area (Å²) in [5.74, 6) is 0.517. The number of hydrogen-bond acceptors (Lipinski definition) is 5. The molecule has 6 nitrogen and oxygen atoms in total. The number of carbonyl (C=O) groups is 1. The second-order valence-corrected chi connectivity index (χ2v) is 5.46. The molecule has 0 saturated carbocycles. The molecule has 22 heavy (non-hydrogen) atoms. The first-order valence-corrected chi connectivity index (χ1v) is 7.13. The van der Waals surface area contributed by atoms with Crippen LogP contribution in [0.3, 0.4) is 0 Å². The van der Waals surface area contributed by atoms with E-state index in [2.05, 4.69) is 0 Å². The van der Waals surface area contributed by atoms with Crippen molar-refractivity contribution in [2.24, 2.45) is 5.73 Å². The second-order valence-electron chi connectivity index (χ2n) is 5.46. The number of nitrogens with two attached hydrogens (primary N) is 1. The molecule has 2 unspecified atom stereocenters. The van der Waals surface area contributed by atoms with E-state index >= 15 is 0 Å². The molecule has 0 spiro atoms. The van der Waals surface area contributed by atoms with Crippen LogP contribution in [0.5, 0.6) is 17.2 Å². The highest BCUT2D eigenvalue weighted by Crippen LogP contribution is 2.44. The Morgan fingerprint density at radius 3 is 2.23 bits per heavy atom. The highest BCUT2D eigenvalue weighted by Gasteiger charge is 2.33. The van der Waals surface area contributed by atoms with Crippen molar-refractivity contribution in [3.05, 3.63) is 17.7 Å². The van der Waals surface area contributed by atoms with Crippen LogP contribution in [-0.2, 0) is 4.79 Å². The first-order valence-electron chi connectivity index (χ1n) is 7.13. The highest BCUT2D eigenvalue weighted by atomic mass is 16.5. The number of carboxylic acids is 1. The summed E-state index contributed by atoms with van der Waals surface area (Å²) in [5.41, 5.74) is 5.45. The molecule has 0 radical (unpaired) electrons. The predicted molar refractivity (Wildman–Crippen MR) is 84.0 cm³/mol. The smallest absolute Gasteiger partial charge is 0.323 e. The Balaban J connectivity index is 3.30. The van der Waals surface area contributed by atoms with Crippen molar-refractivity contribution in [1.29, 1.82) is 0 Å². The van der Waals surface area contributed by atoms with Gasteiger partial charge >= 0.3 is 5.97 Å². The Bertz CT molecular complexity index is 528. The van der Waals surface area contributed by atoms with E-state index in [9.17, 15) is 9.90 Å². The lowest BCUT2D eigenvalue weighted by molar-refractivity contribution is -0.143. The molecular weight excluding hydrogens is 286 g/mol. The molecule has 0 aliphatic carbocycles. The highest BCUT2D eigenvalue weighted by molar-refractivity contribution is 5.78. The van der Waals surface area contributed by atoms with Crippen LogP contribution in [0.2, 0.25) is 0 Å². The van der Waals surface area contributed by atoms with E-state index < -0.39 is 11.5 Å². The third-order valence-corrected chi connectivity index (χ3v) is 3.83. The summed E-state index contributed by atoms with van der Waals surface area (Å²) < 4.78 is 16.1. The van der Waals surface area contributed by atoms with Gasteiger partial charge in [-0.3, -0.25) is 4.79 Å². The number of ether oxygens (including phenoxy) is 3. The quantitative estimate of drug-likeness (QED) is 0.766. The van der Waals surface area contributed by atoms with E-state index in [-0.39, 0.29) is 5.92 Å². The van der Waals surface area contributed by atoms with E-state index in [1.165, 1.54) is 14.0 Å². The molecule has 0 aliphatic heterocycles. The van der Waals surface area contributed by atoms with Gasteiger partial charge in [-0.1, -0.05) is 13.0 Å². The molecule has 2 atom stereocenters. The molecule has 1 aromatic carbocycles. The minimum absolute atomic E-state index is 0.0687. The Labute approximate surface area is 131 Å². The molecular formula is C16H25NO5. The van der Waals surface area contributed by atoms with Gasteiger partial charge in [-0.2, -0.15) is 0 Å². The molecule has 1 aromatic rings. The largest absolute Gasteiger partial charge is 0.493 e. The number of benzene rings is 1. The van der Waals surface area contributed by atoms with E-state index in [1.807, 2.05) is 13.0 Å². The van der Waals surface area contributed by atoms with Gasteiger partial charge in [0.1, 0.15) is 5.54 Å². The van der Waals surface area contributed by atoms with Crippen LogP contribution in [0.25, 0.3) is 0 Å². The molecule has 0 aliphatic rings. The molecule has 0 bridgehead atoms. The Morgan fingerprint density at radius 2 is 1.82 bits per heavy atom. The Hall–Kier alpha value is -1.95. The summed E-state index contributed by atoms with van der Waals surface area (Å²) in [7, 11) is 4.64. The fourth-order valence-electron chi connectivity index (χ4n) is 2.52. The third-order valence-electron chi connectivity index (χ3n) is 3.83. The lowest BCUT2D eigenvalue weighted by Gasteiger charge is -2.27. The molecule has 1 rings (SSSR count). The lowest BCUT2D eigenvalue weighted by Crippen LogP contribution is -2.46. The SMILES string of the molecule is CCC(CC(C)(N)C(=O)O)c1ccc(OC)c(OC)c1OC. The summed E-state index contributed by atoms with van der Waals surface area (Å²) in [6.45, 7) is 3.50. The van der Waals surface area contributed by atoms with Gasteiger partial charge < -0.3 is 25.1 Å². The summed E-state index contributed by atoms with van der Waals surface area (Å²) in [5, 5.41) is 9.24. The van der Waals surface area contributed by atoms with Gasteiger partial charge in [-0.25, -0.2) is 0 Å². The van der Waals surface area contributed by atoms with Crippen molar-refractivity contribution in [2.45, 2.75) is 38.1 Å². The second kappa shape index (κ2) is 7.35. The average molecular weight is 311 g/mol. The van der Waals surface area contributed by atoms with Gasteiger partial charge in [0, 0.05) is 5.56 Å². The summed E-state index contributed by atoms with van der Waals surface area (Å²) in [4.78, 5) is 11.3. The third kappa shape index (κ3) is 3.62. The fourth-order valence-corrected chi connectivity index (χ4v) is 2.52. The maximum Gasteiger partial charge on any atom is 0.323 e. The topological polar surface area (TPSA) is 91.0 Å². The van der Waals surface area contributed by atoms with Gasteiger partial charge in [-0.15, -0.1) is 0 Å². The number of rotatable bonds is 8. The van der Waals surface area contributed by atoms with Crippen molar-refractivity contribution in [2.75, 3.05) is 21.3 Å².